The van der Waals surface area contributed by atoms with Crippen LogP contribution in [0.15, 0.2) is 30.6 Å². The van der Waals surface area contributed by atoms with Crippen LogP contribution in [0.5, 0.6) is 0 Å². The van der Waals surface area contributed by atoms with Crippen LogP contribution in [0.25, 0.3) is 5.69 Å². The fourth-order valence-electron chi connectivity index (χ4n) is 3.65. The van der Waals surface area contributed by atoms with Crippen molar-refractivity contribution in [2.24, 2.45) is 0 Å². The molecule has 6 nitrogen and oxygen atoms in total. The monoisotopic (exact) mass is 369 g/mol. The van der Waals surface area contributed by atoms with Gasteiger partial charge in [0, 0.05) is 30.7 Å². The Bertz CT molecular complexity index is 791. The van der Waals surface area contributed by atoms with E-state index in [0.29, 0.717) is 5.56 Å². The van der Waals surface area contributed by atoms with Gasteiger partial charge in [-0.25, -0.2) is 4.79 Å². The minimum Gasteiger partial charge on any atom is -0.452 e. The normalized spacial score (nSPS) is 15.1. The fraction of sp³-hybridized carbons (Fsp3) is 0.476. The number of esters is 1. The van der Waals surface area contributed by atoms with Crippen molar-refractivity contribution < 1.29 is 14.3 Å². The quantitative estimate of drug-likeness (QED) is 0.775. The van der Waals surface area contributed by atoms with Crippen molar-refractivity contribution in [1.29, 1.82) is 0 Å². The van der Waals surface area contributed by atoms with Crippen molar-refractivity contribution in [2.75, 3.05) is 19.7 Å². The number of nitrogens with zero attached hydrogens (tertiary/aromatic N) is 3. The summed E-state index contributed by atoms with van der Waals surface area (Å²) in [6.07, 6.45) is 9.05. The lowest BCUT2D eigenvalue weighted by atomic mass is 10.1. The first-order valence-corrected chi connectivity index (χ1v) is 9.62. The number of carbonyl (C=O) groups is 2. The predicted molar refractivity (Wildman–Crippen MR) is 103 cm³/mol. The van der Waals surface area contributed by atoms with Crippen LogP contribution in [0.1, 0.15) is 53.8 Å². The zero-order valence-electron chi connectivity index (χ0n) is 16.1. The average Bonchev–Trinajstić information content (AvgIpc) is 2.94. The number of amides is 1. The Morgan fingerprint density at radius 2 is 1.81 bits per heavy atom. The summed E-state index contributed by atoms with van der Waals surface area (Å²) in [5.74, 6) is -0.565. The van der Waals surface area contributed by atoms with E-state index in [1.54, 1.807) is 18.5 Å². The number of aryl methyl sites for hydroxylation is 1. The topological polar surface area (TPSA) is 64.4 Å². The lowest BCUT2D eigenvalue weighted by Gasteiger charge is -2.24. The van der Waals surface area contributed by atoms with E-state index >= 15 is 0 Å². The highest BCUT2D eigenvalue weighted by Gasteiger charge is 2.21. The predicted octanol–water partition coefficient (Wildman–Crippen LogP) is 3.44. The Morgan fingerprint density at radius 3 is 2.48 bits per heavy atom. The van der Waals surface area contributed by atoms with Gasteiger partial charge in [-0.15, -0.1) is 0 Å². The smallest absolute Gasteiger partial charge is 0.340 e. The second-order valence-corrected chi connectivity index (χ2v) is 7.06. The summed E-state index contributed by atoms with van der Waals surface area (Å²) in [5.41, 5.74) is 3.08. The van der Waals surface area contributed by atoms with Crippen molar-refractivity contribution >= 4 is 11.9 Å². The van der Waals surface area contributed by atoms with E-state index in [-0.39, 0.29) is 12.5 Å². The number of pyridine rings is 1. The van der Waals surface area contributed by atoms with Crippen LogP contribution in [0, 0.1) is 13.8 Å². The van der Waals surface area contributed by atoms with E-state index in [2.05, 4.69) is 4.98 Å². The van der Waals surface area contributed by atoms with Crippen LogP contribution in [-0.4, -0.2) is 46.0 Å². The molecule has 144 valence electrons. The standard InChI is InChI=1S/C21H27N3O3/c1-16-13-19(17(2)24(16)18-9-8-10-22-14-18)21(26)27-15-20(25)23-11-6-4-3-5-7-12-23/h8-10,13-14H,3-7,11-12,15H2,1-2H3. The molecule has 1 aliphatic rings. The lowest BCUT2D eigenvalue weighted by Crippen LogP contribution is -2.37. The van der Waals surface area contributed by atoms with Crippen molar-refractivity contribution in [3.05, 3.63) is 47.5 Å². The van der Waals surface area contributed by atoms with Crippen LogP contribution in [0.2, 0.25) is 0 Å². The van der Waals surface area contributed by atoms with E-state index in [1.807, 2.05) is 35.4 Å². The molecule has 1 saturated heterocycles. The molecule has 0 unspecified atom stereocenters. The maximum atomic E-state index is 12.6. The molecular formula is C21H27N3O3. The minimum absolute atomic E-state index is 0.105. The molecule has 0 saturated carbocycles. The molecule has 0 aromatic carbocycles. The number of carbonyl (C=O) groups excluding carboxylic acids is 2. The van der Waals surface area contributed by atoms with E-state index in [0.717, 1.165) is 55.8 Å². The molecular weight excluding hydrogens is 342 g/mol. The number of likely N-dealkylation sites (tertiary alicyclic amines) is 1. The Kier molecular flexibility index (Phi) is 6.27. The summed E-state index contributed by atoms with van der Waals surface area (Å²) < 4.78 is 7.30. The first-order valence-electron chi connectivity index (χ1n) is 9.62. The number of ether oxygens (including phenoxy) is 1. The molecule has 27 heavy (non-hydrogen) atoms. The summed E-state index contributed by atoms with van der Waals surface area (Å²) in [6, 6.07) is 5.59. The number of hydrogen-bond donors (Lipinski definition) is 0. The number of hydrogen-bond acceptors (Lipinski definition) is 4. The third-order valence-electron chi connectivity index (χ3n) is 5.09. The molecule has 3 rings (SSSR count). The van der Waals surface area contributed by atoms with Gasteiger partial charge < -0.3 is 14.2 Å². The summed E-state index contributed by atoms with van der Waals surface area (Å²) in [6.45, 7) is 5.12. The Hall–Kier alpha value is -2.63. The Balaban J connectivity index is 1.65. The highest BCUT2D eigenvalue weighted by atomic mass is 16.5. The number of aromatic nitrogens is 2. The molecule has 0 aliphatic carbocycles. The largest absolute Gasteiger partial charge is 0.452 e. The van der Waals surface area contributed by atoms with Gasteiger partial charge in [0.15, 0.2) is 6.61 Å². The van der Waals surface area contributed by atoms with Gasteiger partial charge in [0.05, 0.1) is 17.4 Å². The lowest BCUT2D eigenvalue weighted by molar-refractivity contribution is -0.134. The van der Waals surface area contributed by atoms with Crippen molar-refractivity contribution in [1.82, 2.24) is 14.5 Å². The van der Waals surface area contributed by atoms with Gasteiger partial charge in [-0.3, -0.25) is 9.78 Å². The minimum atomic E-state index is -0.460. The molecule has 0 atom stereocenters. The van der Waals surface area contributed by atoms with Crippen LogP contribution in [0.4, 0.5) is 0 Å². The molecule has 0 radical (unpaired) electrons. The Labute approximate surface area is 160 Å². The van der Waals surface area contributed by atoms with E-state index in [9.17, 15) is 9.59 Å². The SMILES string of the molecule is Cc1cc(C(=O)OCC(=O)N2CCCCCCC2)c(C)n1-c1cccnc1. The maximum absolute atomic E-state index is 12.6. The van der Waals surface area contributed by atoms with Crippen LogP contribution in [-0.2, 0) is 9.53 Å². The second kappa shape index (κ2) is 8.84. The summed E-state index contributed by atoms with van der Waals surface area (Å²) in [7, 11) is 0. The first-order chi connectivity index (χ1) is 13.1. The van der Waals surface area contributed by atoms with Gasteiger partial charge in [-0.1, -0.05) is 19.3 Å². The molecule has 1 amide bonds. The zero-order valence-corrected chi connectivity index (χ0v) is 16.1. The Morgan fingerprint density at radius 1 is 1.11 bits per heavy atom. The van der Waals surface area contributed by atoms with Crippen molar-refractivity contribution in [2.45, 2.75) is 46.0 Å². The first kappa shape index (κ1) is 19.1. The molecule has 1 aliphatic heterocycles. The molecule has 0 N–H and O–H groups in total. The van der Waals surface area contributed by atoms with Gasteiger partial charge in [-0.2, -0.15) is 0 Å². The molecule has 2 aromatic heterocycles. The van der Waals surface area contributed by atoms with E-state index in [1.165, 1.54) is 6.42 Å². The number of rotatable bonds is 4. The second-order valence-electron chi connectivity index (χ2n) is 7.06. The van der Waals surface area contributed by atoms with Gasteiger partial charge in [0.25, 0.3) is 5.91 Å². The van der Waals surface area contributed by atoms with Gasteiger partial charge >= 0.3 is 5.97 Å². The molecule has 3 heterocycles. The fourth-order valence-corrected chi connectivity index (χ4v) is 3.65. The molecule has 0 bridgehead atoms. The molecule has 6 heteroatoms. The molecule has 0 spiro atoms. The van der Waals surface area contributed by atoms with E-state index in [4.69, 9.17) is 4.74 Å². The van der Waals surface area contributed by atoms with Gasteiger partial charge in [0.1, 0.15) is 0 Å². The van der Waals surface area contributed by atoms with Crippen molar-refractivity contribution in [3.8, 4) is 5.69 Å². The van der Waals surface area contributed by atoms with Crippen molar-refractivity contribution in [3.63, 3.8) is 0 Å². The van der Waals surface area contributed by atoms with E-state index < -0.39 is 5.97 Å². The third kappa shape index (κ3) is 4.56. The van der Waals surface area contributed by atoms with Crippen LogP contribution >= 0.6 is 0 Å². The zero-order chi connectivity index (χ0) is 19.2. The average molecular weight is 369 g/mol. The van der Waals surface area contributed by atoms with Gasteiger partial charge in [-0.05, 0) is 44.9 Å². The van der Waals surface area contributed by atoms with Crippen LogP contribution < -0.4 is 0 Å². The maximum Gasteiger partial charge on any atom is 0.340 e. The van der Waals surface area contributed by atoms with Gasteiger partial charge in [0.2, 0.25) is 0 Å². The summed E-state index contributed by atoms with van der Waals surface area (Å²) in [4.78, 5) is 30.9. The summed E-state index contributed by atoms with van der Waals surface area (Å²) in [5, 5.41) is 0. The highest BCUT2D eigenvalue weighted by Crippen LogP contribution is 2.21. The van der Waals surface area contributed by atoms with Crippen LogP contribution in [0.3, 0.4) is 0 Å². The molecule has 1 fully saturated rings. The third-order valence-corrected chi connectivity index (χ3v) is 5.09. The summed E-state index contributed by atoms with van der Waals surface area (Å²) >= 11 is 0. The highest BCUT2D eigenvalue weighted by molar-refractivity contribution is 5.93. The molecule has 2 aromatic rings.